The topological polar surface area (TPSA) is 65.2 Å². The van der Waals surface area contributed by atoms with Gasteiger partial charge in [0.2, 0.25) is 5.89 Å². The van der Waals surface area contributed by atoms with Crippen molar-refractivity contribution in [1.82, 2.24) is 10.2 Å². The molecule has 5 nitrogen and oxygen atoms in total. The summed E-state index contributed by atoms with van der Waals surface area (Å²) in [6.45, 7) is 1.73. The molecule has 5 aromatic rings. The molecule has 0 spiro atoms. The van der Waals surface area contributed by atoms with Crippen LogP contribution in [0.3, 0.4) is 0 Å². The van der Waals surface area contributed by atoms with E-state index in [2.05, 4.69) is 16.3 Å². The Morgan fingerprint density at radius 1 is 0.833 bits per heavy atom. The lowest BCUT2D eigenvalue weighted by Gasteiger charge is -2.13. The van der Waals surface area contributed by atoms with Crippen molar-refractivity contribution < 1.29 is 13.9 Å². The van der Waals surface area contributed by atoms with E-state index in [0.29, 0.717) is 11.5 Å². The van der Waals surface area contributed by atoms with Gasteiger partial charge in [-0.25, -0.2) is 4.79 Å². The molecule has 0 aliphatic heterocycles. The minimum Gasteiger partial charge on any atom is -0.449 e. The molecular weight excluding hydrogens is 376 g/mol. The summed E-state index contributed by atoms with van der Waals surface area (Å²) in [7, 11) is 0. The Bertz CT molecular complexity index is 1300. The summed E-state index contributed by atoms with van der Waals surface area (Å²) in [5.41, 5.74) is 1.35. The molecule has 5 heteroatoms. The zero-order valence-corrected chi connectivity index (χ0v) is 16.3. The molecule has 5 rings (SSSR count). The van der Waals surface area contributed by atoms with Crippen LogP contribution in [0.4, 0.5) is 0 Å². The van der Waals surface area contributed by atoms with Gasteiger partial charge in [0.05, 0.1) is 5.56 Å². The third kappa shape index (κ3) is 3.20. The number of ether oxygens (including phenoxy) is 1. The minimum absolute atomic E-state index is 0.256. The molecule has 0 aliphatic carbocycles. The van der Waals surface area contributed by atoms with Crippen LogP contribution < -0.4 is 0 Å². The number of hydrogen-bond donors (Lipinski definition) is 0. The summed E-state index contributed by atoms with van der Waals surface area (Å²) in [5.74, 6) is 0.228. The van der Waals surface area contributed by atoms with Crippen molar-refractivity contribution in [3.8, 4) is 11.5 Å². The van der Waals surface area contributed by atoms with E-state index in [-0.39, 0.29) is 5.89 Å². The fourth-order valence-corrected chi connectivity index (χ4v) is 3.60. The van der Waals surface area contributed by atoms with Gasteiger partial charge < -0.3 is 9.15 Å². The first-order valence-electron chi connectivity index (χ1n) is 9.71. The number of rotatable bonds is 4. The Morgan fingerprint density at radius 2 is 1.43 bits per heavy atom. The van der Waals surface area contributed by atoms with Gasteiger partial charge >= 0.3 is 5.97 Å². The first kappa shape index (κ1) is 18.1. The summed E-state index contributed by atoms with van der Waals surface area (Å²) < 4.78 is 11.5. The van der Waals surface area contributed by atoms with E-state index in [1.54, 1.807) is 6.92 Å². The smallest absolute Gasteiger partial charge is 0.340 e. The van der Waals surface area contributed by atoms with Crippen LogP contribution >= 0.6 is 0 Å². The van der Waals surface area contributed by atoms with Crippen LogP contribution in [-0.4, -0.2) is 16.2 Å². The zero-order chi connectivity index (χ0) is 20.5. The largest absolute Gasteiger partial charge is 0.449 e. The standard InChI is InChI=1S/C25H18N2O3/c1-16(23-26-27-24(30-23)17-9-3-2-4-10-17)29-25(28)22-20-13-7-5-11-18(20)15-19-12-6-8-14-21(19)22/h2-16H,1H3/t16-/m1/s1. The SMILES string of the molecule is C[C@@H](OC(=O)c1c2ccccc2cc2ccccc12)c1nnc(-c2ccccc2)o1. The molecule has 0 bridgehead atoms. The van der Waals surface area contributed by atoms with Gasteiger partial charge in [-0.3, -0.25) is 0 Å². The molecule has 0 aliphatic rings. The Morgan fingerprint density at radius 3 is 2.10 bits per heavy atom. The molecular formula is C25H18N2O3. The number of aromatic nitrogens is 2. The molecule has 4 aromatic carbocycles. The number of esters is 1. The highest BCUT2D eigenvalue weighted by atomic mass is 16.6. The molecule has 146 valence electrons. The van der Waals surface area contributed by atoms with Gasteiger partial charge in [0.15, 0.2) is 6.10 Å². The van der Waals surface area contributed by atoms with Crippen LogP contribution in [0.1, 0.15) is 29.3 Å². The van der Waals surface area contributed by atoms with Gasteiger partial charge in [-0.1, -0.05) is 66.7 Å². The quantitative estimate of drug-likeness (QED) is 0.278. The molecule has 1 heterocycles. The molecule has 0 unspecified atom stereocenters. The van der Waals surface area contributed by atoms with Gasteiger partial charge in [-0.05, 0) is 46.7 Å². The van der Waals surface area contributed by atoms with E-state index < -0.39 is 12.1 Å². The Kier molecular flexibility index (Phi) is 4.48. The Hall–Kier alpha value is -3.99. The maximum atomic E-state index is 13.2. The number of nitrogens with zero attached hydrogens (tertiary/aromatic N) is 2. The number of benzene rings is 4. The molecule has 30 heavy (non-hydrogen) atoms. The van der Waals surface area contributed by atoms with Crippen LogP contribution in [0.5, 0.6) is 0 Å². The third-order valence-electron chi connectivity index (χ3n) is 5.07. The summed E-state index contributed by atoms with van der Waals surface area (Å²) >= 11 is 0. The Labute approximate surface area is 172 Å². The van der Waals surface area contributed by atoms with E-state index in [0.717, 1.165) is 27.1 Å². The number of carbonyl (C=O) groups is 1. The van der Waals surface area contributed by atoms with Crippen molar-refractivity contribution in [3.63, 3.8) is 0 Å². The highest BCUT2D eigenvalue weighted by Crippen LogP contribution is 2.31. The normalized spacial score (nSPS) is 12.2. The Balaban J connectivity index is 1.49. The van der Waals surface area contributed by atoms with Crippen molar-refractivity contribution in [2.24, 2.45) is 0 Å². The van der Waals surface area contributed by atoms with E-state index in [1.165, 1.54) is 0 Å². The number of fused-ring (bicyclic) bond motifs is 2. The van der Waals surface area contributed by atoms with Crippen molar-refractivity contribution in [2.45, 2.75) is 13.0 Å². The zero-order valence-electron chi connectivity index (χ0n) is 16.3. The second kappa shape index (κ2) is 7.44. The van der Waals surface area contributed by atoms with Crippen molar-refractivity contribution in [2.75, 3.05) is 0 Å². The van der Waals surface area contributed by atoms with Gasteiger partial charge in [-0.15, -0.1) is 10.2 Å². The van der Waals surface area contributed by atoms with Gasteiger partial charge in [0.1, 0.15) is 0 Å². The highest BCUT2D eigenvalue weighted by Gasteiger charge is 2.23. The predicted octanol–water partition coefficient (Wildman–Crippen LogP) is 5.96. The number of hydrogen-bond acceptors (Lipinski definition) is 5. The minimum atomic E-state index is -0.680. The van der Waals surface area contributed by atoms with Crippen LogP contribution in [0.25, 0.3) is 33.0 Å². The van der Waals surface area contributed by atoms with Gasteiger partial charge in [0.25, 0.3) is 5.89 Å². The second-order valence-electron chi connectivity index (χ2n) is 7.05. The van der Waals surface area contributed by atoms with Gasteiger partial charge in [-0.2, -0.15) is 0 Å². The van der Waals surface area contributed by atoms with E-state index in [9.17, 15) is 4.79 Å². The van der Waals surface area contributed by atoms with Crippen LogP contribution in [-0.2, 0) is 4.74 Å². The summed E-state index contributed by atoms with van der Waals surface area (Å²) in [6, 6.07) is 27.2. The van der Waals surface area contributed by atoms with Crippen molar-refractivity contribution >= 4 is 27.5 Å². The van der Waals surface area contributed by atoms with Gasteiger partial charge in [0, 0.05) is 5.56 Å². The second-order valence-corrected chi connectivity index (χ2v) is 7.05. The average Bonchev–Trinajstić information content (AvgIpc) is 3.28. The fraction of sp³-hybridized carbons (Fsp3) is 0.0800. The average molecular weight is 394 g/mol. The van der Waals surface area contributed by atoms with E-state index >= 15 is 0 Å². The lowest BCUT2D eigenvalue weighted by atomic mass is 9.97. The van der Waals surface area contributed by atoms with Crippen molar-refractivity contribution in [1.29, 1.82) is 0 Å². The first-order chi connectivity index (χ1) is 14.7. The van der Waals surface area contributed by atoms with Crippen LogP contribution in [0.2, 0.25) is 0 Å². The molecule has 0 fully saturated rings. The lowest BCUT2D eigenvalue weighted by Crippen LogP contribution is -2.10. The molecule has 0 radical (unpaired) electrons. The maximum absolute atomic E-state index is 13.2. The molecule has 1 atom stereocenters. The van der Waals surface area contributed by atoms with Crippen LogP contribution in [0, 0.1) is 0 Å². The van der Waals surface area contributed by atoms with Crippen LogP contribution in [0.15, 0.2) is 89.3 Å². The molecule has 0 saturated heterocycles. The fourth-order valence-electron chi connectivity index (χ4n) is 3.60. The molecule has 1 aromatic heterocycles. The number of carbonyl (C=O) groups excluding carboxylic acids is 1. The van der Waals surface area contributed by atoms with Crippen molar-refractivity contribution in [3.05, 3.63) is 96.4 Å². The summed E-state index contributed by atoms with van der Waals surface area (Å²) in [4.78, 5) is 13.2. The highest BCUT2D eigenvalue weighted by molar-refractivity contribution is 6.16. The predicted molar refractivity (Wildman–Crippen MR) is 115 cm³/mol. The third-order valence-corrected chi connectivity index (χ3v) is 5.07. The molecule has 0 saturated carbocycles. The van der Waals surface area contributed by atoms with E-state index in [1.807, 2.05) is 78.9 Å². The van der Waals surface area contributed by atoms with E-state index in [4.69, 9.17) is 9.15 Å². The maximum Gasteiger partial charge on any atom is 0.340 e. The molecule has 0 amide bonds. The lowest BCUT2D eigenvalue weighted by molar-refractivity contribution is 0.0284. The first-order valence-corrected chi connectivity index (χ1v) is 9.71. The summed E-state index contributed by atoms with van der Waals surface area (Å²) in [6.07, 6.45) is -0.680. The monoisotopic (exact) mass is 394 g/mol. The molecule has 0 N–H and O–H groups in total. The summed E-state index contributed by atoms with van der Waals surface area (Å²) in [5, 5.41) is 11.8.